The van der Waals surface area contributed by atoms with Crippen molar-refractivity contribution in [3.8, 4) is 0 Å². The highest BCUT2D eigenvalue weighted by molar-refractivity contribution is 7.99. The Morgan fingerprint density at radius 2 is 0.650 bits per heavy atom. The summed E-state index contributed by atoms with van der Waals surface area (Å²) in [6, 6.07) is 22.6. The van der Waals surface area contributed by atoms with Crippen molar-refractivity contribution in [3.63, 3.8) is 0 Å². The van der Waals surface area contributed by atoms with Crippen LogP contribution < -0.4 is 0 Å². The fourth-order valence-corrected chi connectivity index (χ4v) is 5.23. The number of carboxylic acid groups (broad SMARTS) is 4. The Morgan fingerprint density at radius 1 is 0.425 bits per heavy atom. The molecule has 0 saturated carbocycles. The maximum Gasteiger partial charge on any atom is 0.335 e. The summed E-state index contributed by atoms with van der Waals surface area (Å²) in [5.41, 5.74) is 0.446. The van der Waals surface area contributed by atoms with Gasteiger partial charge in [-0.05, 0) is 97.1 Å². The molecule has 0 aliphatic rings. The third-order valence-corrected chi connectivity index (χ3v) is 8.06. The van der Waals surface area contributed by atoms with E-state index in [1.165, 1.54) is 84.6 Å². The number of carboxylic acids is 4. The van der Waals surface area contributed by atoms with Gasteiger partial charge in [0, 0.05) is 9.79 Å². The maximum atomic E-state index is 12.3. The van der Waals surface area contributed by atoms with E-state index in [1.807, 2.05) is 0 Å². The first-order valence-corrected chi connectivity index (χ1v) is 13.4. The number of aromatic carboxylic acids is 4. The minimum Gasteiger partial charge on any atom is -0.478 e. The minimum absolute atomic E-state index is 0.0184. The average molecular weight is 581 g/mol. The molecule has 10 nitrogen and oxygen atoms in total. The topological polar surface area (TPSA) is 183 Å². The van der Waals surface area contributed by atoms with Gasteiger partial charge >= 0.3 is 23.9 Å². The van der Waals surface area contributed by atoms with Crippen molar-refractivity contribution in [2.24, 2.45) is 0 Å². The number of hydrogen-bond donors (Lipinski definition) is 4. The molecule has 204 valence electrons. The van der Waals surface area contributed by atoms with Crippen molar-refractivity contribution < 1.29 is 48.0 Å². The molecule has 0 aliphatic carbocycles. The van der Waals surface area contributed by atoms with Gasteiger partial charge in [-0.3, -0.25) is 0 Å². The van der Waals surface area contributed by atoms with Crippen LogP contribution in [-0.2, 0) is 9.84 Å². The molecule has 0 saturated heterocycles. The van der Waals surface area contributed by atoms with Crippen molar-refractivity contribution in [2.75, 3.05) is 0 Å². The van der Waals surface area contributed by atoms with Crippen molar-refractivity contribution >= 4 is 45.5 Å². The van der Waals surface area contributed by atoms with Gasteiger partial charge in [-0.1, -0.05) is 11.8 Å². The first kappa shape index (κ1) is 29.6. The molecule has 0 spiro atoms. The van der Waals surface area contributed by atoms with Crippen LogP contribution in [0.15, 0.2) is 117 Å². The standard InChI is InChI=1S/C14H10O6S.C14H10O4S/c15-13(16)9-1-5-11(6-2-9)21(19,20)12-7-3-10(4-8-12)14(17)18;15-13(16)9-1-5-11(6-2-9)19-12-7-3-10(4-8-12)14(17)18/h1-8H,(H,15,16)(H,17,18);1-8H,(H,15,16)(H,17,18). The second-order valence-electron chi connectivity index (χ2n) is 7.92. The molecule has 0 atom stereocenters. The predicted molar refractivity (Wildman–Crippen MR) is 143 cm³/mol. The Bertz CT molecular complexity index is 1520. The Kier molecular flexibility index (Phi) is 9.43. The summed E-state index contributed by atoms with van der Waals surface area (Å²) in [5, 5.41) is 35.1. The molecule has 12 heteroatoms. The molecule has 0 unspecified atom stereocenters. The summed E-state index contributed by atoms with van der Waals surface area (Å²) in [6.45, 7) is 0. The number of sulfone groups is 1. The van der Waals surface area contributed by atoms with Crippen molar-refractivity contribution in [3.05, 3.63) is 119 Å². The highest BCUT2D eigenvalue weighted by Crippen LogP contribution is 2.28. The Morgan fingerprint density at radius 3 is 0.875 bits per heavy atom. The molecule has 0 aromatic heterocycles. The smallest absolute Gasteiger partial charge is 0.335 e. The van der Waals surface area contributed by atoms with Crippen molar-refractivity contribution in [1.29, 1.82) is 0 Å². The molecule has 0 aliphatic heterocycles. The maximum absolute atomic E-state index is 12.3. The lowest BCUT2D eigenvalue weighted by molar-refractivity contribution is 0.0686. The van der Waals surface area contributed by atoms with E-state index in [0.29, 0.717) is 0 Å². The minimum atomic E-state index is -3.81. The quantitative estimate of drug-likeness (QED) is 0.216. The normalized spacial score (nSPS) is 10.6. The molecule has 0 amide bonds. The number of hydrogen-bond acceptors (Lipinski definition) is 7. The van der Waals surface area contributed by atoms with E-state index in [4.69, 9.17) is 20.4 Å². The van der Waals surface area contributed by atoms with Gasteiger partial charge in [-0.2, -0.15) is 0 Å². The van der Waals surface area contributed by atoms with E-state index < -0.39 is 33.7 Å². The largest absolute Gasteiger partial charge is 0.478 e. The molecule has 0 bridgehead atoms. The first-order valence-electron chi connectivity index (χ1n) is 11.1. The number of carbonyl (C=O) groups is 4. The van der Waals surface area contributed by atoms with E-state index in [9.17, 15) is 27.6 Å². The predicted octanol–water partition coefficient (Wildman–Crippen LogP) is 5.15. The van der Waals surface area contributed by atoms with Gasteiger partial charge in [-0.15, -0.1) is 0 Å². The number of rotatable bonds is 8. The molecule has 4 aromatic rings. The van der Waals surface area contributed by atoms with E-state index in [2.05, 4.69) is 0 Å². The van der Waals surface area contributed by atoms with Gasteiger partial charge in [0.05, 0.1) is 32.0 Å². The van der Waals surface area contributed by atoms with E-state index in [1.54, 1.807) is 24.3 Å². The Balaban J connectivity index is 0.000000222. The van der Waals surface area contributed by atoms with Gasteiger partial charge in [0.2, 0.25) is 9.84 Å². The molecule has 4 N–H and O–H groups in total. The lowest BCUT2D eigenvalue weighted by atomic mass is 10.2. The fourth-order valence-electron chi connectivity index (χ4n) is 3.16. The van der Waals surface area contributed by atoms with Gasteiger partial charge in [0.15, 0.2) is 0 Å². The zero-order chi connectivity index (χ0) is 29.4. The molecular weight excluding hydrogens is 560 g/mol. The van der Waals surface area contributed by atoms with Crippen LogP contribution in [-0.4, -0.2) is 52.7 Å². The second-order valence-corrected chi connectivity index (χ2v) is 11.0. The highest BCUT2D eigenvalue weighted by Gasteiger charge is 2.18. The van der Waals surface area contributed by atoms with Crippen LogP contribution in [0.5, 0.6) is 0 Å². The third-order valence-electron chi connectivity index (χ3n) is 5.26. The Hall–Kier alpha value is -4.94. The summed E-state index contributed by atoms with van der Waals surface area (Å²) in [7, 11) is -3.81. The Labute approximate surface area is 232 Å². The molecule has 4 aromatic carbocycles. The van der Waals surface area contributed by atoms with Crippen LogP contribution >= 0.6 is 11.8 Å². The third kappa shape index (κ3) is 7.56. The summed E-state index contributed by atoms with van der Waals surface area (Å²) >= 11 is 1.44. The molecule has 0 heterocycles. The molecule has 40 heavy (non-hydrogen) atoms. The van der Waals surface area contributed by atoms with Gasteiger partial charge in [0.25, 0.3) is 0 Å². The second kappa shape index (κ2) is 12.7. The molecule has 0 fully saturated rings. The lowest BCUT2D eigenvalue weighted by Crippen LogP contribution is -2.04. The van der Waals surface area contributed by atoms with Crippen LogP contribution in [0.3, 0.4) is 0 Å². The molecular formula is C28H20O10S2. The number of benzene rings is 4. The summed E-state index contributed by atoms with van der Waals surface area (Å²) in [6.07, 6.45) is 0. The van der Waals surface area contributed by atoms with Crippen LogP contribution in [0.2, 0.25) is 0 Å². The summed E-state index contributed by atoms with van der Waals surface area (Å²) in [4.78, 5) is 44.5. The van der Waals surface area contributed by atoms with Gasteiger partial charge < -0.3 is 20.4 Å². The monoisotopic (exact) mass is 580 g/mol. The SMILES string of the molecule is O=C(O)c1ccc(S(=O)(=O)c2ccc(C(=O)O)cc2)cc1.O=C(O)c1ccc(Sc2ccc(C(=O)O)cc2)cc1. The fraction of sp³-hybridized carbons (Fsp3) is 0. The summed E-state index contributed by atoms with van der Waals surface area (Å²) in [5.74, 6) is -4.21. The van der Waals surface area contributed by atoms with Gasteiger partial charge in [0.1, 0.15) is 0 Å². The average Bonchev–Trinajstić information content (AvgIpc) is 2.94. The zero-order valence-electron chi connectivity index (χ0n) is 20.3. The van der Waals surface area contributed by atoms with E-state index >= 15 is 0 Å². The lowest BCUT2D eigenvalue weighted by Gasteiger charge is -2.05. The van der Waals surface area contributed by atoms with Crippen LogP contribution in [0.25, 0.3) is 0 Å². The molecule has 0 radical (unpaired) electrons. The van der Waals surface area contributed by atoms with Gasteiger partial charge in [-0.25, -0.2) is 27.6 Å². The van der Waals surface area contributed by atoms with Crippen molar-refractivity contribution in [2.45, 2.75) is 19.6 Å². The van der Waals surface area contributed by atoms with Crippen LogP contribution in [0, 0.1) is 0 Å². The zero-order valence-corrected chi connectivity index (χ0v) is 21.9. The van der Waals surface area contributed by atoms with E-state index in [-0.39, 0.29) is 32.0 Å². The summed E-state index contributed by atoms with van der Waals surface area (Å²) < 4.78 is 24.6. The van der Waals surface area contributed by atoms with Crippen molar-refractivity contribution in [1.82, 2.24) is 0 Å². The molecule has 4 rings (SSSR count). The van der Waals surface area contributed by atoms with Crippen LogP contribution in [0.4, 0.5) is 0 Å². The van der Waals surface area contributed by atoms with Crippen LogP contribution in [0.1, 0.15) is 41.4 Å². The highest BCUT2D eigenvalue weighted by atomic mass is 32.2. The first-order chi connectivity index (χ1) is 18.9. The van der Waals surface area contributed by atoms with E-state index in [0.717, 1.165) is 9.79 Å².